The van der Waals surface area contributed by atoms with Crippen molar-refractivity contribution in [2.24, 2.45) is 5.14 Å². The number of aryl methyl sites for hydroxylation is 1. The Morgan fingerprint density at radius 3 is 2.51 bits per heavy atom. The smallest absolute Gasteiger partial charge is 0.269 e. The van der Waals surface area contributed by atoms with Crippen molar-refractivity contribution < 1.29 is 17.4 Å². The molecule has 12 heteroatoms. The Morgan fingerprint density at radius 2 is 1.85 bits per heavy atom. The van der Waals surface area contributed by atoms with Crippen LogP contribution in [0.15, 0.2) is 59.8 Å². The molecular formula is C27H30N6O4S2. The molecule has 2 fully saturated rings. The van der Waals surface area contributed by atoms with Crippen molar-refractivity contribution in [1.82, 2.24) is 18.9 Å². The van der Waals surface area contributed by atoms with Gasteiger partial charge in [-0.25, -0.2) is 27.3 Å². The second kappa shape index (κ2) is 9.12. The van der Waals surface area contributed by atoms with Crippen LogP contribution in [0.2, 0.25) is 0 Å². The summed E-state index contributed by atoms with van der Waals surface area (Å²) in [6.07, 6.45) is 4.29. The zero-order chi connectivity index (χ0) is 27.6. The van der Waals surface area contributed by atoms with Gasteiger partial charge < -0.3 is 9.64 Å². The Labute approximate surface area is 228 Å². The minimum atomic E-state index is -3.88. The fourth-order valence-electron chi connectivity index (χ4n) is 5.12. The van der Waals surface area contributed by atoms with Gasteiger partial charge in [0.15, 0.2) is 11.5 Å². The number of ether oxygens (including phenoxy) is 1. The largest absolute Gasteiger partial charge is 0.377 e. The summed E-state index contributed by atoms with van der Waals surface area (Å²) in [5, 5.41) is 6.68. The highest BCUT2D eigenvalue weighted by molar-refractivity contribution is 7.99. The molecule has 0 spiro atoms. The average Bonchev–Trinajstić information content (AvgIpc) is 3.62. The Hall–Kier alpha value is -3.32. The lowest BCUT2D eigenvalue weighted by Crippen LogP contribution is -2.44. The lowest BCUT2D eigenvalue weighted by Gasteiger charge is -2.35. The van der Waals surface area contributed by atoms with Crippen molar-refractivity contribution in [2.45, 2.75) is 42.4 Å². The fraction of sp³-hybridized carbons (Fsp3) is 0.333. The molecule has 1 aliphatic carbocycles. The first-order valence-electron chi connectivity index (χ1n) is 12.7. The molecule has 0 amide bonds. The van der Waals surface area contributed by atoms with Gasteiger partial charge in [0, 0.05) is 45.7 Å². The third-order valence-electron chi connectivity index (χ3n) is 7.58. The second-order valence-corrected chi connectivity index (χ2v) is 14.3. The van der Waals surface area contributed by atoms with Gasteiger partial charge in [-0.3, -0.25) is 9.35 Å². The van der Waals surface area contributed by atoms with Crippen LogP contribution < -0.4 is 10.0 Å². The number of fused-ring (bicyclic) bond motifs is 1. The van der Waals surface area contributed by atoms with Crippen molar-refractivity contribution >= 4 is 42.5 Å². The first-order chi connectivity index (χ1) is 18.5. The summed E-state index contributed by atoms with van der Waals surface area (Å²) in [7, 11) is -6.81. The lowest BCUT2D eigenvalue weighted by atomic mass is 10.1. The van der Waals surface area contributed by atoms with E-state index in [4.69, 9.17) is 19.8 Å². The number of pyridine rings is 1. The van der Waals surface area contributed by atoms with Gasteiger partial charge in [-0.05, 0) is 56.8 Å². The molecule has 10 nitrogen and oxygen atoms in total. The quantitative estimate of drug-likeness (QED) is 0.352. The topological polar surface area (TPSA) is 133 Å². The monoisotopic (exact) mass is 566 g/mol. The number of morpholine rings is 1. The van der Waals surface area contributed by atoms with Crippen molar-refractivity contribution in [3.63, 3.8) is 0 Å². The summed E-state index contributed by atoms with van der Waals surface area (Å²) in [6.45, 7) is 5.72. The molecular weight excluding hydrogens is 536 g/mol. The Bertz CT molecular complexity index is 1800. The summed E-state index contributed by atoms with van der Waals surface area (Å²) in [5.41, 5.74) is 2.43. The van der Waals surface area contributed by atoms with E-state index in [1.165, 1.54) is 10.2 Å². The minimum Gasteiger partial charge on any atom is -0.377 e. The van der Waals surface area contributed by atoms with E-state index in [1.807, 2.05) is 13.0 Å². The summed E-state index contributed by atoms with van der Waals surface area (Å²) in [6, 6.07) is 12.1. The van der Waals surface area contributed by atoms with Crippen LogP contribution in [-0.4, -0.2) is 63.2 Å². The predicted octanol–water partition coefficient (Wildman–Crippen LogP) is 2.84. The molecule has 2 N–H and O–H groups in total. The number of rotatable bonds is 6. The summed E-state index contributed by atoms with van der Waals surface area (Å²) < 4.78 is 46.0. The molecule has 2 aliphatic rings. The molecule has 3 aromatic heterocycles. The Balaban J connectivity index is 1.53. The number of hydrogen-bond acceptors (Lipinski definition) is 8. The van der Waals surface area contributed by atoms with Crippen LogP contribution in [0, 0.1) is 6.92 Å². The van der Waals surface area contributed by atoms with Crippen LogP contribution >= 0.6 is 0 Å². The molecule has 39 heavy (non-hydrogen) atoms. The van der Waals surface area contributed by atoms with Crippen LogP contribution in [0.4, 0.5) is 5.82 Å². The van der Waals surface area contributed by atoms with E-state index in [2.05, 4.69) is 22.7 Å². The molecule has 1 saturated heterocycles. The van der Waals surface area contributed by atoms with Gasteiger partial charge in [0.25, 0.3) is 10.0 Å². The maximum absolute atomic E-state index is 13.5. The first kappa shape index (κ1) is 25.9. The van der Waals surface area contributed by atoms with E-state index in [0.29, 0.717) is 60.9 Å². The number of aromatic nitrogens is 4. The highest BCUT2D eigenvalue weighted by Gasteiger charge is 2.52. The Kier molecular flexibility index (Phi) is 6.06. The van der Waals surface area contributed by atoms with E-state index < -0.39 is 24.5 Å². The molecule has 4 heterocycles. The molecule has 1 aliphatic heterocycles. The average molecular weight is 567 g/mol. The summed E-state index contributed by atoms with van der Waals surface area (Å²) in [4.78, 5) is 16.5. The van der Waals surface area contributed by atoms with E-state index >= 15 is 0 Å². The van der Waals surface area contributed by atoms with Gasteiger partial charge >= 0.3 is 0 Å². The fourth-order valence-corrected chi connectivity index (χ4v) is 7.68. The van der Waals surface area contributed by atoms with Crippen LogP contribution in [0.25, 0.3) is 22.4 Å². The number of hydrogen-bond donors (Lipinski definition) is 1. The van der Waals surface area contributed by atoms with Crippen LogP contribution in [-0.2, 0) is 29.2 Å². The zero-order valence-electron chi connectivity index (χ0n) is 21.8. The second-order valence-electron chi connectivity index (χ2n) is 10.3. The van der Waals surface area contributed by atoms with Crippen LogP contribution in [0.3, 0.4) is 0 Å². The number of benzene rings is 1. The van der Waals surface area contributed by atoms with Crippen LogP contribution in [0.5, 0.6) is 0 Å². The predicted molar refractivity (Wildman–Crippen MR) is 153 cm³/mol. The molecule has 0 radical (unpaired) electrons. The third-order valence-corrected chi connectivity index (χ3v) is 11.2. The maximum atomic E-state index is 13.5. The Morgan fingerprint density at radius 1 is 1.10 bits per heavy atom. The molecule has 4 aromatic rings. The van der Waals surface area contributed by atoms with Crippen molar-refractivity contribution in [2.75, 3.05) is 24.7 Å². The summed E-state index contributed by atoms with van der Waals surface area (Å²) >= 11 is 0. The normalized spacial score (nSPS) is 20.6. The number of anilines is 1. The van der Waals surface area contributed by atoms with Gasteiger partial charge in [-0.2, -0.15) is 0 Å². The number of nitrogens with zero attached hydrogens (tertiary/aromatic N) is 5. The third kappa shape index (κ3) is 4.31. The van der Waals surface area contributed by atoms with Crippen molar-refractivity contribution in [1.29, 1.82) is 0 Å². The van der Waals surface area contributed by atoms with Gasteiger partial charge in [-0.1, -0.05) is 17.7 Å². The van der Waals surface area contributed by atoms with Gasteiger partial charge in [0.05, 0.1) is 34.6 Å². The lowest BCUT2D eigenvalue weighted by molar-refractivity contribution is 0.0985. The van der Waals surface area contributed by atoms with Crippen molar-refractivity contribution in [3.8, 4) is 11.4 Å². The van der Waals surface area contributed by atoms with E-state index in [-0.39, 0.29) is 16.6 Å². The standard InChI is InChI=1S/C27H30N6O4S2/c1-18-4-6-20(7-5-18)39(35,36)33-13-9-22-21(8-12-29-26(22)33)25-30-23(27(10-11-27)38(3,28)34)16-24(31-25)32-14-15-37-17-19(32)2/h4-9,12-13,16,19H,3,10-11,14-15,17H2,1-2H3,(H2,28,34)/t19-,38?/m1/s1. The molecule has 0 bridgehead atoms. The van der Waals surface area contributed by atoms with E-state index in [1.54, 1.807) is 42.6 Å². The van der Waals surface area contributed by atoms with Crippen LogP contribution in [0.1, 0.15) is 31.0 Å². The van der Waals surface area contributed by atoms with Gasteiger partial charge in [0.1, 0.15) is 5.82 Å². The number of nitrogens with two attached hydrogens (primary N) is 1. The highest BCUT2D eigenvalue weighted by atomic mass is 32.2. The highest BCUT2D eigenvalue weighted by Crippen LogP contribution is 2.51. The molecule has 204 valence electrons. The molecule has 1 saturated carbocycles. The zero-order valence-corrected chi connectivity index (χ0v) is 23.4. The first-order valence-corrected chi connectivity index (χ1v) is 15.9. The molecule has 2 atom stereocenters. The SMILES string of the molecule is C=S(N)(=O)C1(c2cc(N3CCOC[C@H]3C)nc(-c3ccnc4c3ccn4S(=O)(=O)c3ccc(C)cc3)n2)CC1. The van der Waals surface area contributed by atoms with E-state index in [9.17, 15) is 12.6 Å². The maximum Gasteiger partial charge on any atom is 0.269 e. The molecule has 1 aromatic carbocycles. The molecule has 6 rings (SSSR count). The molecule has 1 unspecified atom stereocenters. The summed E-state index contributed by atoms with van der Waals surface area (Å²) in [5.74, 6) is 4.85. The van der Waals surface area contributed by atoms with Crippen molar-refractivity contribution in [3.05, 3.63) is 66.1 Å². The van der Waals surface area contributed by atoms with E-state index in [0.717, 1.165) is 5.56 Å². The van der Waals surface area contributed by atoms with Gasteiger partial charge in [-0.15, -0.1) is 0 Å². The van der Waals surface area contributed by atoms with Gasteiger partial charge in [0.2, 0.25) is 0 Å². The minimum absolute atomic E-state index is 0.0738.